The average molecular weight is 667 g/mol. The van der Waals surface area contributed by atoms with E-state index in [0.29, 0.717) is 19.3 Å². The highest BCUT2D eigenvalue weighted by Crippen LogP contribution is 2.18. The van der Waals surface area contributed by atoms with Crippen molar-refractivity contribution in [3.63, 3.8) is 0 Å². The Morgan fingerprint density at radius 3 is 0.723 bits per heavy atom. The molecule has 0 amide bonds. The predicted molar refractivity (Wildman–Crippen MR) is 210 cm³/mol. The third-order valence-corrected chi connectivity index (χ3v) is 10.6. The van der Waals surface area contributed by atoms with E-state index in [-0.39, 0.29) is 13.2 Å². The van der Waals surface area contributed by atoms with Crippen LogP contribution in [-0.2, 0) is 0 Å². The molecule has 0 radical (unpaired) electrons. The lowest BCUT2D eigenvalue weighted by Crippen LogP contribution is -2.50. The van der Waals surface area contributed by atoms with Crippen molar-refractivity contribution < 1.29 is 10.2 Å². The monoisotopic (exact) mass is 667 g/mol. The number of unbranched alkanes of at least 4 members (excludes halogenated alkanes) is 30. The highest BCUT2D eigenvalue weighted by Gasteiger charge is 2.22. The zero-order valence-electron chi connectivity index (χ0n) is 32.9. The molecule has 4 heteroatoms. The molecule has 47 heavy (non-hydrogen) atoms. The van der Waals surface area contributed by atoms with Crippen LogP contribution in [0.3, 0.4) is 0 Å². The van der Waals surface area contributed by atoms with E-state index in [1.165, 1.54) is 205 Å². The summed E-state index contributed by atoms with van der Waals surface area (Å²) in [6, 6.07) is 0. The van der Waals surface area contributed by atoms with Gasteiger partial charge in [0.1, 0.15) is 0 Å². The van der Waals surface area contributed by atoms with Crippen LogP contribution >= 0.6 is 0 Å². The van der Waals surface area contributed by atoms with Crippen LogP contribution in [0, 0.1) is 0 Å². The van der Waals surface area contributed by atoms with Crippen molar-refractivity contribution in [2.75, 3.05) is 39.4 Å². The second kappa shape index (κ2) is 40.3. The predicted octanol–water partition coefficient (Wildman–Crippen LogP) is 12.8. The summed E-state index contributed by atoms with van der Waals surface area (Å²) in [6.07, 6.45) is 46.6. The Bertz CT molecular complexity index is 518. The summed E-state index contributed by atoms with van der Waals surface area (Å²) in [5.74, 6) is 0. The van der Waals surface area contributed by atoms with Gasteiger partial charge in [-0.3, -0.25) is 9.80 Å². The third-order valence-electron chi connectivity index (χ3n) is 10.6. The van der Waals surface area contributed by atoms with Crippen LogP contribution in [-0.4, -0.2) is 65.6 Å². The summed E-state index contributed by atoms with van der Waals surface area (Å²) in [4.78, 5) is 5.01. The minimum Gasteiger partial charge on any atom is -0.395 e. The third kappa shape index (κ3) is 32.8. The molecular formula is C43H90N2O2. The first kappa shape index (κ1) is 46.8. The quantitative estimate of drug-likeness (QED) is 0.0503. The lowest BCUT2D eigenvalue weighted by atomic mass is 10.0. The molecule has 0 rings (SSSR count). The van der Waals surface area contributed by atoms with E-state index < -0.39 is 0 Å². The summed E-state index contributed by atoms with van der Waals surface area (Å²) in [5, 5.41) is 19.4. The van der Waals surface area contributed by atoms with Gasteiger partial charge in [-0.1, -0.05) is 213 Å². The van der Waals surface area contributed by atoms with Gasteiger partial charge in [0, 0.05) is 13.1 Å². The van der Waals surface area contributed by atoms with Crippen LogP contribution < -0.4 is 0 Å². The van der Waals surface area contributed by atoms with Crippen molar-refractivity contribution in [3.8, 4) is 0 Å². The molecule has 4 nitrogen and oxygen atoms in total. The number of rotatable bonds is 41. The normalized spacial score (nSPS) is 12.6. The highest BCUT2D eigenvalue weighted by atomic mass is 16.3. The van der Waals surface area contributed by atoms with Gasteiger partial charge in [0.15, 0.2) is 0 Å². The van der Waals surface area contributed by atoms with E-state index >= 15 is 0 Å². The van der Waals surface area contributed by atoms with E-state index in [1.54, 1.807) is 0 Å². The Morgan fingerprint density at radius 1 is 0.298 bits per heavy atom. The Kier molecular flexibility index (Phi) is 40.1. The van der Waals surface area contributed by atoms with E-state index in [4.69, 9.17) is 0 Å². The van der Waals surface area contributed by atoms with Gasteiger partial charge in [-0.2, -0.15) is 0 Å². The SMILES string of the molecule is CCCCCCCCCCCCCCCCCCN(CCCCCCCCCCCCCCCCCC)C(CC)N(CCO)CCO. The van der Waals surface area contributed by atoms with Gasteiger partial charge in [-0.25, -0.2) is 0 Å². The first-order valence-corrected chi connectivity index (χ1v) is 21.9. The largest absolute Gasteiger partial charge is 0.395 e. The molecule has 1 atom stereocenters. The van der Waals surface area contributed by atoms with Crippen LogP contribution in [0.5, 0.6) is 0 Å². The van der Waals surface area contributed by atoms with Gasteiger partial charge in [0.25, 0.3) is 0 Å². The molecule has 0 fully saturated rings. The molecule has 0 aromatic carbocycles. The summed E-state index contributed by atoms with van der Waals surface area (Å²) in [5.41, 5.74) is 0. The van der Waals surface area contributed by atoms with Gasteiger partial charge in [0.2, 0.25) is 0 Å². The minimum absolute atomic E-state index is 0.169. The lowest BCUT2D eigenvalue weighted by Gasteiger charge is -2.39. The lowest BCUT2D eigenvalue weighted by molar-refractivity contribution is 0.0154. The van der Waals surface area contributed by atoms with Crippen molar-refractivity contribution >= 4 is 0 Å². The van der Waals surface area contributed by atoms with Crippen molar-refractivity contribution in [2.24, 2.45) is 0 Å². The Labute approximate surface area is 297 Å². The molecular weight excluding hydrogens is 576 g/mol. The Morgan fingerprint density at radius 2 is 0.511 bits per heavy atom. The number of hydrogen-bond acceptors (Lipinski definition) is 4. The van der Waals surface area contributed by atoms with Gasteiger partial charge in [0.05, 0.1) is 19.4 Å². The maximum atomic E-state index is 9.70. The topological polar surface area (TPSA) is 46.9 Å². The van der Waals surface area contributed by atoms with Crippen LogP contribution in [0.2, 0.25) is 0 Å². The Hall–Kier alpha value is -0.160. The summed E-state index contributed by atoms with van der Waals surface area (Å²) in [7, 11) is 0. The number of hydrogen-bond donors (Lipinski definition) is 2. The summed E-state index contributed by atoms with van der Waals surface area (Å²) >= 11 is 0. The van der Waals surface area contributed by atoms with Crippen LogP contribution in [0.4, 0.5) is 0 Å². The molecule has 0 saturated carbocycles. The first-order chi connectivity index (χ1) is 23.2. The molecule has 0 aliphatic heterocycles. The van der Waals surface area contributed by atoms with Gasteiger partial charge < -0.3 is 10.2 Å². The molecule has 2 N–H and O–H groups in total. The molecule has 0 aromatic heterocycles. The van der Waals surface area contributed by atoms with E-state index in [1.807, 2.05) is 0 Å². The van der Waals surface area contributed by atoms with Crippen LogP contribution in [0.25, 0.3) is 0 Å². The minimum atomic E-state index is 0.169. The average Bonchev–Trinajstić information content (AvgIpc) is 3.08. The maximum Gasteiger partial charge on any atom is 0.0621 e. The number of nitrogens with zero attached hydrogens (tertiary/aromatic N) is 2. The fourth-order valence-corrected chi connectivity index (χ4v) is 7.55. The zero-order valence-corrected chi connectivity index (χ0v) is 32.9. The van der Waals surface area contributed by atoms with E-state index in [9.17, 15) is 10.2 Å². The molecule has 0 aliphatic carbocycles. The summed E-state index contributed by atoms with van der Waals surface area (Å²) < 4.78 is 0. The second-order valence-electron chi connectivity index (χ2n) is 15.0. The summed E-state index contributed by atoms with van der Waals surface area (Å²) in [6.45, 7) is 10.8. The molecule has 1 unspecified atom stereocenters. The number of aliphatic hydroxyl groups excluding tert-OH is 2. The standard InChI is InChI=1S/C43H90N2O2/c1-4-7-9-11-13-15-17-19-21-23-25-27-29-31-33-35-37-44(43(6-3)45(39-41-46)40-42-47)38-36-34-32-30-28-26-24-22-20-18-16-14-12-10-8-5-2/h43,46-47H,4-42H2,1-3H3. The van der Waals surface area contributed by atoms with Gasteiger partial charge in [-0.15, -0.1) is 0 Å². The van der Waals surface area contributed by atoms with E-state index in [0.717, 1.165) is 19.5 Å². The maximum absolute atomic E-state index is 9.70. The van der Waals surface area contributed by atoms with Crippen LogP contribution in [0.15, 0.2) is 0 Å². The van der Waals surface area contributed by atoms with Crippen molar-refractivity contribution in [2.45, 2.75) is 239 Å². The molecule has 0 heterocycles. The van der Waals surface area contributed by atoms with Crippen molar-refractivity contribution in [1.29, 1.82) is 0 Å². The van der Waals surface area contributed by atoms with Gasteiger partial charge >= 0.3 is 0 Å². The fraction of sp³-hybridized carbons (Fsp3) is 1.00. The van der Waals surface area contributed by atoms with Gasteiger partial charge in [-0.05, 0) is 32.4 Å². The first-order valence-electron chi connectivity index (χ1n) is 21.9. The second-order valence-corrected chi connectivity index (χ2v) is 15.0. The number of aliphatic hydroxyl groups is 2. The van der Waals surface area contributed by atoms with Crippen LogP contribution in [0.1, 0.15) is 233 Å². The molecule has 0 saturated heterocycles. The Balaban J connectivity index is 4.08. The molecule has 284 valence electrons. The molecule has 0 bridgehead atoms. The smallest absolute Gasteiger partial charge is 0.0621 e. The zero-order chi connectivity index (χ0) is 34.3. The van der Waals surface area contributed by atoms with E-state index in [2.05, 4.69) is 30.6 Å². The van der Waals surface area contributed by atoms with Crippen molar-refractivity contribution in [3.05, 3.63) is 0 Å². The fourth-order valence-electron chi connectivity index (χ4n) is 7.55. The molecule has 0 aliphatic rings. The van der Waals surface area contributed by atoms with Crippen molar-refractivity contribution in [1.82, 2.24) is 9.80 Å². The molecule has 0 aromatic rings. The molecule has 0 spiro atoms. The highest BCUT2D eigenvalue weighted by molar-refractivity contribution is 4.73.